The third-order valence-corrected chi connectivity index (χ3v) is 1.77. The van der Waals surface area contributed by atoms with Gasteiger partial charge in [0, 0.05) is 5.70 Å². The summed E-state index contributed by atoms with van der Waals surface area (Å²) in [6, 6.07) is 0. The van der Waals surface area contributed by atoms with E-state index in [2.05, 4.69) is 11.9 Å². The van der Waals surface area contributed by atoms with Gasteiger partial charge in [-0.05, 0) is 25.0 Å². The van der Waals surface area contributed by atoms with E-state index in [1.165, 1.54) is 0 Å². The van der Waals surface area contributed by atoms with Gasteiger partial charge in [-0.1, -0.05) is 6.58 Å². The Morgan fingerprint density at radius 3 is 2.22 bits per heavy atom. The number of hydrogen-bond acceptors (Lipinski definition) is 2. The fraction of sp³-hybridized carbons (Fsp3) is 0.429. The number of aliphatic hydroxyl groups is 1. The molecule has 1 aliphatic heterocycles. The summed E-state index contributed by atoms with van der Waals surface area (Å²) in [4.78, 5) is 0. The first-order valence-electron chi connectivity index (χ1n) is 2.94. The Morgan fingerprint density at radius 1 is 1.56 bits per heavy atom. The molecular formula is C7H11NO. The molecule has 1 atom stereocenters. The first-order valence-corrected chi connectivity index (χ1v) is 2.94. The van der Waals surface area contributed by atoms with E-state index in [4.69, 9.17) is 5.11 Å². The largest absolute Gasteiger partial charge is 0.370 e. The normalized spacial score (nSPS) is 27.0. The van der Waals surface area contributed by atoms with Crippen molar-refractivity contribution in [3.63, 3.8) is 0 Å². The van der Waals surface area contributed by atoms with Crippen LogP contribution in [0.5, 0.6) is 0 Å². The lowest BCUT2D eigenvalue weighted by atomic mass is 10.2. The van der Waals surface area contributed by atoms with E-state index < -0.39 is 6.23 Å². The monoisotopic (exact) mass is 125 g/mol. The summed E-state index contributed by atoms with van der Waals surface area (Å²) in [6.07, 6.45) is -0.502. The van der Waals surface area contributed by atoms with Gasteiger partial charge in [-0.15, -0.1) is 0 Å². The SMILES string of the molecule is C=C1NC(O)C(C)=C1C. The van der Waals surface area contributed by atoms with Crippen LogP contribution in [0, 0.1) is 0 Å². The molecule has 50 valence electrons. The predicted molar refractivity (Wildman–Crippen MR) is 36.7 cm³/mol. The molecule has 0 saturated carbocycles. The molecule has 2 heteroatoms. The summed E-state index contributed by atoms with van der Waals surface area (Å²) in [5.74, 6) is 0. The van der Waals surface area contributed by atoms with Crippen LogP contribution in [0.25, 0.3) is 0 Å². The van der Waals surface area contributed by atoms with Crippen LogP contribution < -0.4 is 5.32 Å². The molecular weight excluding hydrogens is 114 g/mol. The molecule has 2 N–H and O–H groups in total. The van der Waals surface area contributed by atoms with E-state index in [1.807, 2.05) is 13.8 Å². The van der Waals surface area contributed by atoms with Gasteiger partial charge in [0.15, 0.2) is 0 Å². The summed E-state index contributed by atoms with van der Waals surface area (Å²) >= 11 is 0. The van der Waals surface area contributed by atoms with Crippen LogP contribution in [-0.4, -0.2) is 11.3 Å². The number of rotatable bonds is 0. The standard InChI is InChI=1S/C7H11NO/c1-4-5(2)7(9)8-6(4)3/h7-9H,3H2,1-2H3. The first kappa shape index (κ1) is 6.36. The zero-order valence-electron chi connectivity index (χ0n) is 5.73. The molecule has 2 nitrogen and oxygen atoms in total. The van der Waals surface area contributed by atoms with Crippen molar-refractivity contribution in [3.05, 3.63) is 23.4 Å². The summed E-state index contributed by atoms with van der Waals surface area (Å²) in [7, 11) is 0. The van der Waals surface area contributed by atoms with Gasteiger partial charge >= 0.3 is 0 Å². The zero-order valence-corrected chi connectivity index (χ0v) is 5.73. The third kappa shape index (κ3) is 0.856. The van der Waals surface area contributed by atoms with Gasteiger partial charge in [0.2, 0.25) is 0 Å². The molecule has 0 spiro atoms. The Hall–Kier alpha value is -0.760. The van der Waals surface area contributed by atoms with E-state index in [0.29, 0.717) is 0 Å². The molecule has 9 heavy (non-hydrogen) atoms. The second kappa shape index (κ2) is 1.88. The van der Waals surface area contributed by atoms with Crippen LogP contribution in [0.2, 0.25) is 0 Å². The molecule has 0 aromatic carbocycles. The van der Waals surface area contributed by atoms with Crippen molar-refractivity contribution in [1.29, 1.82) is 0 Å². The van der Waals surface area contributed by atoms with Crippen molar-refractivity contribution in [1.82, 2.24) is 5.32 Å². The Kier molecular flexibility index (Phi) is 1.33. The van der Waals surface area contributed by atoms with Crippen LogP contribution in [0.3, 0.4) is 0 Å². The fourth-order valence-electron chi connectivity index (χ4n) is 0.825. The average molecular weight is 125 g/mol. The Balaban J connectivity index is 2.92. The molecule has 1 unspecified atom stereocenters. The molecule has 0 aromatic rings. The topological polar surface area (TPSA) is 32.3 Å². The molecule has 1 heterocycles. The highest BCUT2D eigenvalue weighted by atomic mass is 16.3. The maximum absolute atomic E-state index is 9.11. The summed E-state index contributed by atoms with van der Waals surface area (Å²) in [5.41, 5.74) is 2.88. The molecule has 0 aromatic heterocycles. The second-order valence-corrected chi connectivity index (χ2v) is 2.33. The van der Waals surface area contributed by atoms with E-state index in [-0.39, 0.29) is 0 Å². The second-order valence-electron chi connectivity index (χ2n) is 2.33. The van der Waals surface area contributed by atoms with Crippen molar-refractivity contribution < 1.29 is 5.11 Å². The summed E-state index contributed by atoms with van der Waals surface area (Å²) in [5, 5.41) is 11.9. The number of allylic oxidation sites excluding steroid dienone is 1. The van der Waals surface area contributed by atoms with Crippen LogP contribution >= 0.6 is 0 Å². The maximum Gasteiger partial charge on any atom is 0.147 e. The maximum atomic E-state index is 9.11. The van der Waals surface area contributed by atoms with Crippen LogP contribution in [0.4, 0.5) is 0 Å². The molecule has 0 amide bonds. The summed E-state index contributed by atoms with van der Waals surface area (Å²) in [6.45, 7) is 7.55. The van der Waals surface area contributed by atoms with E-state index in [1.54, 1.807) is 0 Å². The molecule has 0 radical (unpaired) electrons. The minimum atomic E-state index is -0.502. The molecule has 0 bridgehead atoms. The van der Waals surface area contributed by atoms with E-state index in [0.717, 1.165) is 16.8 Å². The van der Waals surface area contributed by atoms with Gasteiger partial charge in [-0.3, -0.25) is 0 Å². The van der Waals surface area contributed by atoms with Crippen molar-refractivity contribution in [3.8, 4) is 0 Å². The highest BCUT2D eigenvalue weighted by molar-refractivity contribution is 5.37. The van der Waals surface area contributed by atoms with Gasteiger partial charge < -0.3 is 10.4 Å². The third-order valence-electron chi connectivity index (χ3n) is 1.77. The summed E-state index contributed by atoms with van der Waals surface area (Å²) < 4.78 is 0. The van der Waals surface area contributed by atoms with Gasteiger partial charge in [-0.25, -0.2) is 0 Å². The van der Waals surface area contributed by atoms with Gasteiger partial charge in [0.25, 0.3) is 0 Å². The highest BCUT2D eigenvalue weighted by Crippen LogP contribution is 2.19. The van der Waals surface area contributed by atoms with E-state index >= 15 is 0 Å². The quantitative estimate of drug-likeness (QED) is 0.501. The van der Waals surface area contributed by atoms with Crippen molar-refractivity contribution >= 4 is 0 Å². The average Bonchev–Trinajstić information content (AvgIpc) is 1.98. The van der Waals surface area contributed by atoms with Gasteiger partial charge in [-0.2, -0.15) is 0 Å². The van der Waals surface area contributed by atoms with Crippen LogP contribution in [0.1, 0.15) is 13.8 Å². The molecule has 0 fully saturated rings. The highest BCUT2D eigenvalue weighted by Gasteiger charge is 2.18. The van der Waals surface area contributed by atoms with Crippen molar-refractivity contribution in [2.24, 2.45) is 0 Å². The van der Waals surface area contributed by atoms with Crippen molar-refractivity contribution in [2.75, 3.05) is 0 Å². The van der Waals surface area contributed by atoms with Crippen LogP contribution in [-0.2, 0) is 0 Å². The van der Waals surface area contributed by atoms with Gasteiger partial charge in [0.05, 0.1) is 0 Å². The Labute approximate surface area is 54.9 Å². The Bertz CT molecular complexity index is 181. The molecule has 1 rings (SSSR count). The number of hydrogen-bond donors (Lipinski definition) is 2. The predicted octanol–water partition coefficient (Wildman–Crippen LogP) is 0.758. The van der Waals surface area contributed by atoms with E-state index in [9.17, 15) is 0 Å². The Morgan fingerprint density at radius 2 is 2.11 bits per heavy atom. The molecule has 1 aliphatic rings. The lowest BCUT2D eigenvalue weighted by molar-refractivity contribution is 0.195. The number of nitrogens with one attached hydrogen (secondary N) is 1. The number of aliphatic hydroxyl groups excluding tert-OH is 1. The molecule has 0 saturated heterocycles. The first-order chi connectivity index (χ1) is 4.13. The van der Waals surface area contributed by atoms with Crippen molar-refractivity contribution in [2.45, 2.75) is 20.1 Å². The lowest BCUT2D eigenvalue weighted by Crippen LogP contribution is -2.21. The minimum Gasteiger partial charge on any atom is -0.370 e. The fourth-order valence-corrected chi connectivity index (χ4v) is 0.825. The van der Waals surface area contributed by atoms with Gasteiger partial charge in [0.1, 0.15) is 6.23 Å². The molecule has 0 aliphatic carbocycles. The smallest absolute Gasteiger partial charge is 0.147 e. The lowest BCUT2D eigenvalue weighted by Gasteiger charge is -2.02. The minimum absolute atomic E-state index is 0.502. The zero-order chi connectivity index (χ0) is 7.02. The van der Waals surface area contributed by atoms with Crippen LogP contribution in [0.15, 0.2) is 23.4 Å².